The highest BCUT2D eigenvalue weighted by Gasteiger charge is 2.36. The Morgan fingerprint density at radius 1 is 1.69 bits per heavy atom. The molecule has 2 rings (SSSR count). The molecule has 0 spiro atoms. The average molecular weight is 216 g/mol. The number of hydrogen-bond acceptors (Lipinski definition) is 4. The molecule has 0 unspecified atom stereocenters. The van der Waals surface area contributed by atoms with Gasteiger partial charge in [0.25, 0.3) is 0 Å². The summed E-state index contributed by atoms with van der Waals surface area (Å²) in [5.41, 5.74) is -0.426. The zero-order chi connectivity index (χ0) is 11.7. The fourth-order valence-corrected chi connectivity index (χ4v) is 1.64. The van der Waals surface area contributed by atoms with Crippen molar-refractivity contribution in [2.45, 2.75) is 19.3 Å². The van der Waals surface area contributed by atoms with E-state index in [0.717, 1.165) is 12.2 Å². The molecule has 1 heterocycles. The van der Waals surface area contributed by atoms with E-state index in [4.69, 9.17) is 9.68 Å². The summed E-state index contributed by atoms with van der Waals surface area (Å²) in [5, 5.41) is 19.0. The lowest BCUT2D eigenvalue weighted by molar-refractivity contribution is -0.298. The van der Waals surface area contributed by atoms with Gasteiger partial charge in [-0.25, -0.2) is 0 Å². The summed E-state index contributed by atoms with van der Waals surface area (Å²) in [4.78, 5) is 10.5. The van der Waals surface area contributed by atoms with Gasteiger partial charge in [0.05, 0.1) is 11.5 Å². The number of nitrogens with zero attached hydrogens (tertiary/aromatic N) is 1. The van der Waals surface area contributed by atoms with Crippen molar-refractivity contribution in [2.24, 2.45) is 5.92 Å². The molecular weight excluding hydrogens is 206 g/mol. The molecule has 1 aromatic heterocycles. The standard InChI is InChI=1S/C12H11NO3/c1-7-4-10(7)11-3-2-9(16-11)5-8(6-13)12(14)15/h2-3,5,7,10H,4H2,1H3,(H,14,15)/p-1/b8-5+/t7-,10-/m1/s1. The third-order valence-corrected chi connectivity index (χ3v) is 2.75. The Hall–Kier alpha value is -2.02. The van der Waals surface area contributed by atoms with Crippen molar-refractivity contribution in [1.82, 2.24) is 0 Å². The first-order valence-corrected chi connectivity index (χ1v) is 5.04. The quantitative estimate of drug-likeness (QED) is 0.559. The third kappa shape index (κ3) is 1.98. The molecule has 1 aromatic rings. The van der Waals surface area contributed by atoms with E-state index in [9.17, 15) is 9.90 Å². The Morgan fingerprint density at radius 2 is 2.38 bits per heavy atom. The molecule has 0 aliphatic heterocycles. The molecule has 0 bridgehead atoms. The molecule has 1 aliphatic rings. The van der Waals surface area contributed by atoms with E-state index in [1.807, 2.05) is 6.07 Å². The Kier molecular flexibility index (Phi) is 2.53. The van der Waals surface area contributed by atoms with Crippen LogP contribution in [0.2, 0.25) is 0 Å². The normalized spacial score (nSPS) is 23.9. The van der Waals surface area contributed by atoms with Crippen LogP contribution in [-0.2, 0) is 4.79 Å². The third-order valence-electron chi connectivity index (χ3n) is 2.75. The zero-order valence-corrected chi connectivity index (χ0v) is 8.77. The van der Waals surface area contributed by atoms with Gasteiger partial charge < -0.3 is 14.3 Å². The molecule has 0 aromatic carbocycles. The highest BCUT2D eigenvalue weighted by molar-refractivity contribution is 5.94. The molecule has 16 heavy (non-hydrogen) atoms. The van der Waals surface area contributed by atoms with E-state index in [1.165, 1.54) is 6.08 Å². The van der Waals surface area contributed by atoms with Gasteiger partial charge in [-0.2, -0.15) is 5.26 Å². The first-order chi connectivity index (χ1) is 7.61. The summed E-state index contributed by atoms with van der Waals surface area (Å²) in [6.45, 7) is 2.13. The molecule has 0 N–H and O–H groups in total. The van der Waals surface area contributed by atoms with E-state index < -0.39 is 11.5 Å². The summed E-state index contributed by atoms with van der Waals surface area (Å²) in [6, 6.07) is 5.04. The molecular formula is C12H10NO3-. The number of nitriles is 1. The topological polar surface area (TPSA) is 77.1 Å². The predicted octanol–water partition coefficient (Wildman–Crippen LogP) is 1.06. The number of furan rings is 1. The van der Waals surface area contributed by atoms with E-state index in [-0.39, 0.29) is 0 Å². The minimum absolute atomic E-state index is 0.384. The van der Waals surface area contributed by atoms with Crippen LogP contribution in [0.15, 0.2) is 22.1 Å². The number of aliphatic carboxylic acids is 1. The summed E-state index contributed by atoms with van der Waals surface area (Å²) in [7, 11) is 0. The van der Waals surface area contributed by atoms with E-state index in [1.54, 1.807) is 12.1 Å². The zero-order valence-electron chi connectivity index (χ0n) is 8.77. The number of rotatable bonds is 3. The number of hydrogen-bond donors (Lipinski definition) is 0. The van der Waals surface area contributed by atoms with Gasteiger partial charge in [-0.3, -0.25) is 0 Å². The van der Waals surface area contributed by atoms with Crippen LogP contribution >= 0.6 is 0 Å². The molecule has 0 radical (unpaired) electrons. The summed E-state index contributed by atoms with van der Waals surface area (Å²) in [5.74, 6) is 0.819. The van der Waals surface area contributed by atoms with Gasteiger partial charge in [0.2, 0.25) is 0 Å². The lowest BCUT2D eigenvalue weighted by atomic mass is 10.2. The fraction of sp³-hybridized carbons (Fsp3) is 0.333. The maximum Gasteiger partial charge on any atom is 0.128 e. The van der Waals surface area contributed by atoms with Crippen LogP contribution in [0, 0.1) is 17.2 Å². The van der Waals surface area contributed by atoms with Crippen LogP contribution in [0.5, 0.6) is 0 Å². The SMILES string of the molecule is C[C@@H]1C[C@H]1c1ccc(/C=C(\C#N)C(=O)[O-])o1. The van der Waals surface area contributed by atoms with Crippen molar-refractivity contribution in [3.05, 3.63) is 29.2 Å². The molecule has 1 aliphatic carbocycles. The number of carboxylic acid groups (broad SMARTS) is 1. The van der Waals surface area contributed by atoms with Crippen molar-refractivity contribution < 1.29 is 14.3 Å². The number of carbonyl (C=O) groups excluding carboxylic acids is 1. The van der Waals surface area contributed by atoms with Crippen LogP contribution in [0.4, 0.5) is 0 Å². The second kappa shape index (κ2) is 3.86. The Morgan fingerprint density at radius 3 is 2.88 bits per heavy atom. The van der Waals surface area contributed by atoms with Gasteiger partial charge in [-0.05, 0) is 24.5 Å². The highest BCUT2D eigenvalue weighted by atomic mass is 16.4. The molecule has 2 atom stereocenters. The summed E-state index contributed by atoms with van der Waals surface area (Å²) < 4.78 is 5.44. The van der Waals surface area contributed by atoms with Crippen LogP contribution in [0.25, 0.3) is 6.08 Å². The van der Waals surface area contributed by atoms with E-state index in [0.29, 0.717) is 17.6 Å². The smallest absolute Gasteiger partial charge is 0.128 e. The Balaban J connectivity index is 2.19. The maximum atomic E-state index is 10.5. The second-order valence-electron chi connectivity index (χ2n) is 4.02. The molecule has 4 heteroatoms. The maximum absolute atomic E-state index is 10.5. The summed E-state index contributed by atoms with van der Waals surface area (Å²) in [6.07, 6.45) is 2.29. The van der Waals surface area contributed by atoms with Gasteiger partial charge in [0.15, 0.2) is 0 Å². The van der Waals surface area contributed by atoms with Crippen molar-refractivity contribution in [1.29, 1.82) is 5.26 Å². The van der Waals surface area contributed by atoms with E-state index in [2.05, 4.69) is 6.92 Å². The van der Waals surface area contributed by atoms with Crippen molar-refractivity contribution in [2.75, 3.05) is 0 Å². The monoisotopic (exact) mass is 216 g/mol. The van der Waals surface area contributed by atoms with E-state index >= 15 is 0 Å². The Bertz CT molecular complexity index is 493. The highest BCUT2D eigenvalue weighted by Crippen LogP contribution is 2.47. The van der Waals surface area contributed by atoms with Crippen molar-refractivity contribution >= 4 is 12.0 Å². The van der Waals surface area contributed by atoms with Gasteiger partial charge in [-0.15, -0.1) is 0 Å². The minimum Gasteiger partial charge on any atom is -0.544 e. The van der Waals surface area contributed by atoms with Crippen LogP contribution in [0.3, 0.4) is 0 Å². The molecule has 1 saturated carbocycles. The van der Waals surface area contributed by atoms with Gasteiger partial charge in [0, 0.05) is 12.0 Å². The Labute approximate surface area is 92.8 Å². The van der Waals surface area contributed by atoms with Gasteiger partial charge in [0.1, 0.15) is 17.6 Å². The van der Waals surface area contributed by atoms with Crippen LogP contribution in [0.1, 0.15) is 30.8 Å². The average Bonchev–Trinajstić information content (AvgIpc) is 2.79. The fourth-order valence-electron chi connectivity index (χ4n) is 1.64. The first kappa shape index (κ1) is 10.5. The van der Waals surface area contributed by atoms with Gasteiger partial charge in [-0.1, -0.05) is 6.92 Å². The van der Waals surface area contributed by atoms with Crippen molar-refractivity contribution in [3.8, 4) is 6.07 Å². The number of carboxylic acids is 1. The molecule has 0 saturated heterocycles. The van der Waals surface area contributed by atoms with Crippen molar-refractivity contribution in [3.63, 3.8) is 0 Å². The molecule has 4 nitrogen and oxygen atoms in total. The van der Waals surface area contributed by atoms with Gasteiger partial charge >= 0.3 is 0 Å². The first-order valence-electron chi connectivity index (χ1n) is 5.04. The lowest BCUT2D eigenvalue weighted by Gasteiger charge is -1.96. The largest absolute Gasteiger partial charge is 0.544 e. The predicted molar refractivity (Wildman–Crippen MR) is 53.8 cm³/mol. The lowest BCUT2D eigenvalue weighted by Crippen LogP contribution is -2.23. The molecule has 0 amide bonds. The van der Waals surface area contributed by atoms with Crippen LogP contribution in [-0.4, -0.2) is 5.97 Å². The van der Waals surface area contributed by atoms with Crippen LogP contribution < -0.4 is 5.11 Å². The molecule has 1 fully saturated rings. The molecule has 82 valence electrons. The number of carbonyl (C=O) groups is 1. The minimum atomic E-state index is -1.49. The second-order valence-corrected chi connectivity index (χ2v) is 4.02. The summed E-state index contributed by atoms with van der Waals surface area (Å²) >= 11 is 0.